The van der Waals surface area contributed by atoms with E-state index in [1.807, 2.05) is 41.5 Å². The molecule has 0 aromatic heterocycles. The summed E-state index contributed by atoms with van der Waals surface area (Å²) in [6.45, 7) is 34.9. The van der Waals surface area contributed by atoms with Crippen molar-refractivity contribution in [2.24, 2.45) is 30.0 Å². The molecule has 0 aliphatic heterocycles. The molecule has 6 radical (unpaired) electrons. The molecule has 0 aliphatic rings. The van der Waals surface area contributed by atoms with Crippen LogP contribution in [0.15, 0.2) is 179 Å². The van der Waals surface area contributed by atoms with E-state index in [1.54, 1.807) is 109 Å². The van der Waals surface area contributed by atoms with E-state index >= 15 is 0 Å². The second-order valence-electron chi connectivity index (χ2n) is 21.3. The molecular weight excluding hydrogens is 2180 g/mol. The van der Waals surface area contributed by atoms with Gasteiger partial charge in [-0.3, -0.25) is 58.7 Å². The molecule has 130 heavy (non-hydrogen) atoms. The fourth-order valence-corrected chi connectivity index (χ4v) is 7.43. The molecule has 0 atom stereocenters. The van der Waals surface area contributed by atoms with Crippen LogP contribution in [-0.2, 0) is 102 Å². The number of carbonyl (C=O) groups is 6. The van der Waals surface area contributed by atoms with Gasteiger partial charge >= 0.3 is 102 Å². The van der Waals surface area contributed by atoms with Gasteiger partial charge in [0.1, 0.15) is 37.7 Å². The largest absolute Gasteiger partial charge is 2.00 e. The van der Waals surface area contributed by atoms with Gasteiger partial charge in [-0.2, -0.15) is 0 Å². The fraction of sp³-hybridized carbons (Fsp3) is 0.167. The molecule has 6 aromatic carbocycles. The Bertz CT molecular complexity index is 3690. The SMILES string of the molecule is C=CCN=Cc1cc(C)cc(C=O)c1[O-].C=CCN=Cc1cc(C)cc(C=O)c1[O-].C=CCN=Cc1cc(C)cc(C=O)c1[O-].C=CCN=Cc1cc(C)cc(C=O)c1[O-].C=CCN=Cc1cc(C)cc(C=O)c1[O-].C=CCN=Cc1cc(C)cc(C=O)c1[O-].O.O.O.O.[Cu+2].[Cu+2].[Cu+2].[Cu+2].[Cu+2].[Cu+2].[O-][Cl+3]([O-])([O-])[O-].[O-][Cl+3]([O-])([O-])[O-].[O-][Cl+3]([O-])([O-])[O-].[O-][Cl+3]([O-])([O-])[O-].[O-][Cl+3]([O-])([O-])[O-].[O-][Cl+3]([O-])([O-])[O-]. The van der Waals surface area contributed by atoms with Crippen LogP contribution in [0.5, 0.6) is 34.5 Å². The first-order chi connectivity index (χ1) is 55.1. The van der Waals surface area contributed by atoms with Crippen LogP contribution in [0.3, 0.4) is 0 Å². The van der Waals surface area contributed by atoms with Crippen LogP contribution in [0.1, 0.15) is 129 Å². The molecule has 0 heterocycles. The molecule has 746 valence electrons. The number of hydrogen-bond donors (Lipinski definition) is 0. The summed E-state index contributed by atoms with van der Waals surface area (Å²) in [7, 11) is -29.7. The van der Waals surface area contributed by atoms with Crippen LogP contribution in [-0.4, -0.2) is 136 Å². The maximum atomic E-state index is 11.6. The van der Waals surface area contributed by atoms with Crippen molar-refractivity contribution in [3.05, 3.63) is 249 Å². The monoisotopic (exact) mass is 2260 g/mol. The fourth-order valence-electron chi connectivity index (χ4n) is 7.43. The van der Waals surface area contributed by atoms with E-state index in [4.69, 9.17) is 112 Å². The van der Waals surface area contributed by atoms with Gasteiger partial charge in [0.25, 0.3) is 0 Å². The number of rotatable bonds is 24. The molecule has 0 fully saturated rings. The quantitative estimate of drug-likeness (QED) is 0.0235. The van der Waals surface area contributed by atoms with E-state index in [0.717, 1.165) is 33.4 Å². The summed E-state index contributed by atoms with van der Waals surface area (Å²) in [5.41, 5.74) is 8.95. The van der Waals surface area contributed by atoms with Crippen LogP contribution in [0, 0.1) is 103 Å². The van der Waals surface area contributed by atoms with Crippen LogP contribution in [0.4, 0.5) is 0 Å². The molecular formula is C72H80Cl6Cu6N6O40. The Balaban J connectivity index is -0.0000000794. The minimum atomic E-state index is -4.94. The summed E-state index contributed by atoms with van der Waals surface area (Å²) in [6.07, 6.45) is 22.1. The second-order valence-corrected chi connectivity index (χ2v) is 25.8. The van der Waals surface area contributed by atoms with Crippen LogP contribution >= 0.6 is 0 Å². The number of hydrogen-bond acceptors (Lipinski definition) is 42. The van der Waals surface area contributed by atoms with E-state index in [9.17, 15) is 59.4 Å². The van der Waals surface area contributed by atoms with E-state index in [1.165, 1.54) is 37.3 Å². The van der Waals surface area contributed by atoms with Crippen LogP contribution in [0.2, 0.25) is 0 Å². The standard InChI is InChI=1S/6C12H13NO2.6ClHO4.6Cu.4H2O/c6*1-3-4-13-7-10-5-9(2)6-11(8-14)12(10)15;6*2-1(3,4)5;;;;;;;;;;/h6*3,5-8,15H,1,4H2,2H3;6*(H,2,3,4,5);;;;;;;4*1H2/q;;;;;;;;;;;;6*+2;;;;/p-12. The second kappa shape index (κ2) is 86.7. The van der Waals surface area contributed by atoms with Crippen molar-refractivity contribution < 1.29 is 357 Å². The van der Waals surface area contributed by atoms with Crippen molar-refractivity contribution in [3.8, 4) is 34.5 Å². The molecule has 58 heteroatoms. The Labute approximate surface area is 819 Å². The molecule has 0 amide bonds. The van der Waals surface area contributed by atoms with Crippen LogP contribution in [0.25, 0.3) is 0 Å². The van der Waals surface area contributed by atoms with Crippen molar-refractivity contribution in [3.63, 3.8) is 0 Å². The van der Waals surface area contributed by atoms with Gasteiger partial charge in [0.2, 0.25) is 0 Å². The van der Waals surface area contributed by atoms with Gasteiger partial charge in [-0.25, -0.2) is 112 Å². The number of aldehydes is 6. The Hall–Kier alpha value is -7.66. The average Bonchev–Trinajstić information content (AvgIpc) is 0.881. The number of aliphatic imine (C=N–C) groups is 6. The maximum Gasteiger partial charge on any atom is 2.00 e. The molecule has 0 spiro atoms. The molecule has 0 saturated carbocycles. The zero-order valence-corrected chi connectivity index (χ0v) is 77.4. The van der Waals surface area contributed by atoms with Crippen molar-refractivity contribution in [1.82, 2.24) is 0 Å². The molecule has 6 rings (SSSR count). The first-order valence-corrected chi connectivity index (χ1v) is 38.5. The number of halogens is 6. The van der Waals surface area contributed by atoms with Gasteiger partial charge in [-0.05, 0) is 145 Å². The minimum Gasteiger partial charge on any atom is -0.872 e. The zero-order chi connectivity index (χ0) is 94.6. The van der Waals surface area contributed by atoms with Gasteiger partial charge in [-0.1, -0.05) is 107 Å². The molecule has 46 nitrogen and oxygen atoms in total. The van der Waals surface area contributed by atoms with Crippen molar-refractivity contribution in [2.75, 3.05) is 39.3 Å². The molecule has 8 N–H and O–H groups in total. The van der Waals surface area contributed by atoms with Gasteiger partial charge in [-0.15, -0.1) is 101 Å². The first kappa shape index (κ1) is 159. The minimum absolute atomic E-state index is 0. The molecule has 0 saturated heterocycles. The normalized spacial score (nSPS) is 10.0. The average molecular weight is 2260 g/mol. The molecule has 6 aromatic rings. The van der Waals surface area contributed by atoms with Crippen LogP contribution < -0.4 is 142 Å². The number of nitrogens with zero attached hydrogens (tertiary/aromatic N) is 6. The number of aryl methyl sites for hydroxylation is 6. The van der Waals surface area contributed by atoms with Crippen molar-refractivity contribution >= 4 is 75.0 Å². The third kappa shape index (κ3) is 101. The first-order valence-electron chi connectivity index (χ1n) is 31.1. The van der Waals surface area contributed by atoms with Gasteiger partial charge in [0.05, 0.1) is 39.3 Å². The van der Waals surface area contributed by atoms with Crippen molar-refractivity contribution in [1.29, 1.82) is 0 Å². The van der Waals surface area contributed by atoms with Crippen molar-refractivity contribution in [2.45, 2.75) is 41.5 Å². The number of carbonyl (C=O) groups excluding carboxylic acids is 6. The smallest absolute Gasteiger partial charge is 0.872 e. The van der Waals surface area contributed by atoms with Gasteiger partial charge in [0, 0.05) is 70.7 Å². The predicted molar refractivity (Wildman–Crippen MR) is 366 cm³/mol. The third-order valence-electron chi connectivity index (χ3n) is 11.3. The summed E-state index contributed by atoms with van der Waals surface area (Å²) < 4.78 is 204. The van der Waals surface area contributed by atoms with E-state index in [0.29, 0.717) is 110 Å². The topological polar surface area (TPSA) is 994 Å². The summed E-state index contributed by atoms with van der Waals surface area (Å²) >= 11 is 0. The Kier molecular flexibility index (Phi) is 106. The molecule has 0 unspecified atom stereocenters. The Morgan fingerprint density at radius 2 is 0.285 bits per heavy atom. The third-order valence-corrected chi connectivity index (χ3v) is 11.3. The summed E-state index contributed by atoms with van der Waals surface area (Å²) in [5.74, 6) is -1.65. The van der Waals surface area contributed by atoms with Gasteiger partial charge < -0.3 is 52.5 Å². The summed E-state index contributed by atoms with van der Waals surface area (Å²) in [6, 6.07) is 19.7. The Morgan fingerprint density at radius 1 is 0.208 bits per heavy atom. The Morgan fingerprint density at radius 3 is 0.354 bits per heavy atom. The zero-order valence-electron chi connectivity index (χ0n) is 67.3. The maximum absolute atomic E-state index is 11.6. The predicted octanol–water partition coefficient (Wildman–Crippen LogP) is -22.9. The molecule has 0 bridgehead atoms. The summed E-state index contributed by atoms with van der Waals surface area (Å²) in [4.78, 5) is 87.5. The van der Waals surface area contributed by atoms with E-state index in [-0.39, 0.29) is 192 Å². The van der Waals surface area contributed by atoms with Gasteiger partial charge in [0.15, 0.2) is 0 Å². The summed E-state index contributed by atoms with van der Waals surface area (Å²) in [5, 5.41) is 69.6. The van der Waals surface area contributed by atoms with E-state index < -0.39 is 61.5 Å². The van der Waals surface area contributed by atoms with E-state index in [2.05, 4.69) is 69.4 Å². The number of benzene rings is 6. The molecule has 0 aliphatic carbocycles.